The van der Waals surface area contributed by atoms with Crippen LogP contribution >= 0.6 is 0 Å². The van der Waals surface area contributed by atoms with Crippen LogP contribution in [-0.4, -0.2) is 36.5 Å². The van der Waals surface area contributed by atoms with E-state index < -0.39 is 0 Å². The predicted molar refractivity (Wildman–Crippen MR) is 60.5 cm³/mol. The molecule has 0 spiro atoms. The van der Waals surface area contributed by atoms with Gasteiger partial charge in [0.25, 0.3) is 0 Å². The van der Waals surface area contributed by atoms with Crippen molar-refractivity contribution in [1.29, 1.82) is 0 Å². The zero-order valence-electron chi connectivity index (χ0n) is 9.99. The van der Waals surface area contributed by atoms with Gasteiger partial charge in [0, 0.05) is 25.6 Å². The first-order valence-electron chi connectivity index (χ1n) is 6.10. The number of fused-ring (bicyclic) bond motifs is 1. The summed E-state index contributed by atoms with van der Waals surface area (Å²) in [5, 5.41) is 3.51. The van der Waals surface area contributed by atoms with Gasteiger partial charge < -0.3 is 10.2 Å². The second kappa shape index (κ2) is 4.12. The number of hydrogen-bond acceptors (Lipinski definition) is 2. The first-order chi connectivity index (χ1) is 7.11. The van der Waals surface area contributed by atoms with Crippen LogP contribution in [0.1, 0.15) is 33.1 Å². The molecule has 3 atom stereocenters. The molecule has 86 valence electrons. The maximum Gasteiger partial charge on any atom is 0.224 e. The number of piperidine rings is 2. The van der Waals surface area contributed by atoms with Gasteiger partial charge in [0.2, 0.25) is 5.91 Å². The molecule has 0 aliphatic carbocycles. The van der Waals surface area contributed by atoms with Crippen LogP contribution in [0.4, 0.5) is 0 Å². The summed E-state index contributed by atoms with van der Waals surface area (Å²) in [7, 11) is 1.97. The quantitative estimate of drug-likeness (QED) is 0.706. The Kier molecular flexibility index (Phi) is 3.01. The van der Waals surface area contributed by atoms with Gasteiger partial charge in [-0.15, -0.1) is 0 Å². The van der Waals surface area contributed by atoms with Gasteiger partial charge in [0.1, 0.15) is 0 Å². The first kappa shape index (κ1) is 10.9. The highest BCUT2D eigenvalue weighted by molar-refractivity contribution is 5.78. The van der Waals surface area contributed by atoms with Crippen molar-refractivity contribution in [3.63, 3.8) is 0 Å². The van der Waals surface area contributed by atoms with Gasteiger partial charge >= 0.3 is 0 Å². The number of carbonyl (C=O) groups is 1. The van der Waals surface area contributed by atoms with Crippen LogP contribution in [0.2, 0.25) is 0 Å². The molecule has 15 heavy (non-hydrogen) atoms. The number of hydrogen-bond donors (Lipinski definition) is 1. The molecule has 2 heterocycles. The van der Waals surface area contributed by atoms with Gasteiger partial charge in [-0.25, -0.2) is 0 Å². The van der Waals surface area contributed by atoms with Gasteiger partial charge in [-0.3, -0.25) is 4.79 Å². The van der Waals surface area contributed by atoms with Crippen LogP contribution < -0.4 is 5.32 Å². The minimum Gasteiger partial charge on any atom is -0.342 e. The zero-order valence-corrected chi connectivity index (χ0v) is 9.99. The third kappa shape index (κ3) is 1.89. The molecule has 1 amide bonds. The highest BCUT2D eigenvalue weighted by Gasteiger charge is 2.42. The van der Waals surface area contributed by atoms with E-state index in [2.05, 4.69) is 19.2 Å². The summed E-state index contributed by atoms with van der Waals surface area (Å²) >= 11 is 0. The lowest BCUT2D eigenvalue weighted by Gasteiger charge is -2.48. The second-order valence-electron chi connectivity index (χ2n) is 5.31. The van der Waals surface area contributed by atoms with Crippen molar-refractivity contribution < 1.29 is 4.79 Å². The van der Waals surface area contributed by atoms with E-state index in [1.54, 1.807) is 0 Å². The van der Waals surface area contributed by atoms with E-state index in [1.807, 2.05) is 11.9 Å². The van der Waals surface area contributed by atoms with Crippen molar-refractivity contribution in [2.75, 3.05) is 13.6 Å². The number of rotatable bonds is 1. The van der Waals surface area contributed by atoms with Crippen LogP contribution in [0, 0.1) is 11.8 Å². The number of amides is 1. The van der Waals surface area contributed by atoms with Gasteiger partial charge in [0.05, 0.1) is 0 Å². The fourth-order valence-corrected chi connectivity index (χ4v) is 3.34. The van der Waals surface area contributed by atoms with Gasteiger partial charge in [0.15, 0.2) is 0 Å². The molecule has 3 nitrogen and oxygen atoms in total. The van der Waals surface area contributed by atoms with Crippen LogP contribution in [0.25, 0.3) is 0 Å². The summed E-state index contributed by atoms with van der Waals surface area (Å²) in [6.45, 7) is 5.54. The lowest BCUT2D eigenvalue weighted by molar-refractivity contribution is -0.140. The van der Waals surface area contributed by atoms with E-state index in [4.69, 9.17) is 0 Å². The molecule has 0 bridgehead atoms. The standard InChI is InChI=1S/C12H22N2O/c1-8(2)12-9-5-4-6-13-10(9)7-11(15)14(12)3/h8-10,12-13H,4-7H2,1-3H3. The summed E-state index contributed by atoms with van der Waals surface area (Å²) in [5.41, 5.74) is 0. The van der Waals surface area contributed by atoms with Crippen LogP contribution in [0.3, 0.4) is 0 Å². The molecule has 3 unspecified atom stereocenters. The largest absolute Gasteiger partial charge is 0.342 e. The second-order valence-corrected chi connectivity index (χ2v) is 5.31. The zero-order chi connectivity index (χ0) is 11.0. The Bertz CT molecular complexity index is 252. The highest BCUT2D eigenvalue weighted by Crippen LogP contribution is 2.33. The minimum absolute atomic E-state index is 0.310. The van der Waals surface area contributed by atoms with E-state index in [-0.39, 0.29) is 0 Å². The molecule has 0 aromatic carbocycles. The van der Waals surface area contributed by atoms with Crippen LogP contribution in [0.15, 0.2) is 0 Å². The van der Waals surface area contributed by atoms with Crippen molar-refractivity contribution in [1.82, 2.24) is 10.2 Å². The number of likely N-dealkylation sites (tertiary alicyclic amines) is 1. The van der Waals surface area contributed by atoms with Gasteiger partial charge in [-0.2, -0.15) is 0 Å². The average molecular weight is 210 g/mol. The minimum atomic E-state index is 0.310. The van der Waals surface area contributed by atoms with Crippen molar-refractivity contribution in [3.8, 4) is 0 Å². The maximum atomic E-state index is 11.8. The highest BCUT2D eigenvalue weighted by atomic mass is 16.2. The molecule has 2 aliphatic rings. The third-order valence-corrected chi connectivity index (χ3v) is 3.99. The fraction of sp³-hybridized carbons (Fsp3) is 0.917. The van der Waals surface area contributed by atoms with E-state index in [0.29, 0.717) is 36.2 Å². The first-order valence-corrected chi connectivity index (χ1v) is 6.10. The summed E-state index contributed by atoms with van der Waals surface area (Å²) in [6, 6.07) is 0.874. The average Bonchev–Trinajstić information content (AvgIpc) is 2.19. The molecular weight excluding hydrogens is 188 g/mol. The molecule has 0 radical (unpaired) electrons. The van der Waals surface area contributed by atoms with Crippen molar-refractivity contribution in [2.24, 2.45) is 11.8 Å². The van der Waals surface area contributed by atoms with Crippen molar-refractivity contribution >= 4 is 5.91 Å². The summed E-state index contributed by atoms with van der Waals surface area (Å²) in [5.74, 6) is 1.54. The van der Waals surface area contributed by atoms with E-state index in [1.165, 1.54) is 12.8 Å². The van der Waals surface area contributed by atoms with Crippen molar-refractivity contribution in [2.45, 2.75) is 45.2 Å². The maximum absolute atomic E-state index is 11.8. The molecule has 2 rings (SSSR count). The molecule has 2 fully saturated rings. The van der Waals surface area contributed by atoms with Crippen LogP contribution in [-0.2, 0) is 4.79 Å². The molecule has 3 heteroatoms. The summed E-state index contributed by atoms with van der Waals surface area (Å²) in [6.07, 6.45) is 3.23. The van der Waals surface area contributed by atoms with E-state index in [9.17, 15) is 4.79 Å². The predicted octanol–water partition coefficient (Wildman–Crippen LogP) is 1.24. The van der Waals surface area contributed by atoms with Crippen LogP contribution in [0.5, 0.6) is 0 Å². The molecule has 0 aromatic heterocycles. The number of nitrogens with one attached hydrogen (secondary N) is 1. The Hall–Kier alpha value is -0.570. The Morgan fingerprint density at radius 3 is 2.87 bits per heavy atom. The topological polar surface area (TPSA) is 32.3 Å². The van der Waals surface area contributed by atoms with Gasteiger partial charge in [-0.05, 0) is 31.2 Å². The normalized spacial score (nSPS) is 36.9. The Labute approximate surface area is 92.2 Å². The smallest absolute Gasteiger partial charge is 0.224 e. The lowest BCUT2D eigenvalue weighted by atomic mass is 9.75. The monoisotopic (exact) mass is 210 g/mol. The summed E-state index contributed by atoms with van der Waals surface area (Å²) < 4.78 is 0. The molecule has 0 saturated carbocycles. The number of nitrogens with zero attached hydrogens (tertiary/aromatic N) is 1. The van der Waals surface area contributed by atoms with Crippen molar-refractivity contribution in [3.05, 3.63) is 0 Å². The third-order valence-electron chi connectivity index (χ3n) is 3.99. The number of carbonyl (C=O) groups excluding carboxylic acids is 1. The molecule has 1 N–H and O–H groups in total. The molecule has 0 aromatic rings. The molecular formula is C12H22N2O. The molecule has 2 aliphatic heterocycles. The fourth-order valence-electron chi connectivity index (χ4n) is 3.34. The van der Waals surface area contributed by atoms with E-state index in [0.717, 1.165) is 6.54 Å². The lowest BCUT2D eigenvalue weighted by Crippen LogP contribution is -2.60. The SMILES string of the molecule is CC(C)C1C2CCCNC2CC(=O)N1C. The Morgan fingerprint density at radius 2 is 2.20 bits per heavy atom. The molecule has 2 saturated heterocycles. The Balaban J connectivity index is 2.19. The van der Waals surface area contributed by atoms with Gasteiger partial charge in [-0.1, -0.05) is 13.8 Å². The summed E-state index contributed by atoms with van der Waals surface area (Å²) in [4.78, 5) is 13.8. The Morgan fingerprint density at radius 1 is 1.47 bits per heavy atom. The van der Waals surface area contributed by atoms with E-state index >= 15 is 0 Å².